The maximum absolute atomic E-state index is 12.6. The van der Waals surface area contributed by atoms with Gasteiger partial charge in [0.05, 0.1) is 0 Å². The van der Waals surface area contributed by atoms with Crippen molar-refractivity contribution < 1.29 is 9.21 Å². The number of benzene rings is 1. The zero-order valence-electron chi connectivity index (χ0n) is 14.4. The summed E-state index contributed by atoms with van der Waals surface area (Å²) in [5, 5.41) is 0. The molecule has 0 radical (unpaired) electrons. The molecule has 0 unspecified atom stereocenters. The van der Waals surface area contributed by atoms with Crippen LogP contribution in [0.1, 0.15) is 25.3 Å². The standard InChI is InChI=1S/C18H24N4O2/c1-13-6-5-7-15-16(13)19-17(24-15)22-11-10-21(12-14(22)2)18(23)20-8-3-4-9-20/h5-7,14H,3-4,8-12H2,1-2H3/t14-/m0/s1. The number of rotatable bonds is 1. The number of aryl methyl sites for hydroxylation is 1. The average Bonchev–Trinajstić information content (AvgIpc) is 3.24. The molecule has 0 N–H and O–H groups in total. The number of oxazole rings is 1. The molecule has 2 aromatic rings. The van der Waals surface area contributed by atoms with Gasteiger partial charge >= 0.3 is 6.03 Å². The van der Waals surface area contributed by atoms with Crippen LogP contribution in [0.2, 0.25) is 0 Å². The minimum absolute atomic E-state index is 0.187. The first kappa shape index (κ1) is 15.3. The Kier molecular flexibility index (Phi) is 3.82. The fourth-order valence-corrected chi connectivity index (χ4v) is 3.72. The fraction of sp³-hybridized carbons (Fsp3) is 0.556. The van der Waals surface area contributed by atoms with Gasteiger partial charge < -0.3 is 19.1 Å². The molecule has 0 aliphatic carbocycles. The molecule has 1 aromatic heterocycles. The summed E-state index contributed by atoms with van der Waals surface area (Å²) in [5.41, 5.74) is 2.88. The fourth-order valence-electron chi connectivity index (χ4n) is 3.72. The van der Waals surface area contributed by atoms with Crippen molar-refractivity contribution in [3.05, 3.63) is 23.8 Å². The van der Waals surface area contributed by atoms with Crippen molar-refractivity contribution in [3.63, 3.8) is 0 Å². The summed E-state index contributed by atoms with van der Waals surface area (Å²) < 4.78 is 5.96. The van der Waals surface area contributed by atoms with Crippen molar-refractivity contribution in [3.8, 4) is 0 Å². The van der Waals surface area contributed by atoms with E-state index < -0.39 is 0 Å². The molecule has 6 nitrogen and oxygen atoms in total. The molecule has 2 saturated heterocycles. The van der Waals surface area contributed by atoms with E-state index in [1.54, 1.807) is 0 Å². The predicted molar refractivity (Wildman–Crippen MR) is 93.3 cm³/mol. The molecule has 6 heteroatoms. The second-order valence-corrected chi connectivity index (χ2v) is 6.88. The van der Waals surface area contributed by atoms with Crippen molar-refractivity contribution in [1.29, 1.82) is 0 Å². The monoisotopic (exact) mass is 328 g/mol. The summed E-state index contributed by atoms with van der Waals surface area (Å²) in [6.45, 7) is 8.17. The maximum Gasteiger partial charge on any atom is 0.320 e. The molecule has 2 amide bonds. The average molecular weight is 328 g/mol. The molecule has 2 aliphatic rings. The van der Waals surface area contributed by atoms with E-state index in [1.807, 2.05) is 34.9 Å². The molecule has 128 valence electrons. The topological polar surface area (TPSA) is 52.8 Å². The predicted octanol–water partition coefficient (Wildman–Crippen LogP) is 2.86. The smallest absolute Gasteiger partial charge is 0.320 e. The molecule has 4 rings (SSSR count). The number of amides is 2. The van der Waals surface area contributed by atoms with Crippen LogP contribution >= 0.6 is 0 Å². The van der Waals surface area contributed by atoms with E-state index in [0.29, 0.717) is 12.6 Å². The first-order chi connectivity index (χ1) is 11.6. The van der Waals surface area contributed by atoms with Crippen LogP contribution in [0, 0.1) is 6.92 Å². The SMILES string of the molecule is Cc1cccc2oc(N3CCN(C(=O)N4CCCC4)C[C@@H]3C)nc12. The number of piperazine rings is 1. The summed E-state index contributed by atoms with van der Waals surface area (Å²) in [7, 11) is 0. The lowest BCUT2D eigenvalue weighted by Gasteiger charge is -2.40. The van der Waals surface area contributed by atoms with E-state index in [4.69, 9.17) is 4.42 Å². The Balaban J connectivity index is 1.49. The number of anilines is 1. The highest BCUT2D eigenvalue weighted by Crippen LogP contribution is 2.27. The number of carbonyl (C=O) groups excluding carboxylic acids is 1. The number of likely N-dealkylation sites (tertiary alicyclic amines) is 1. The molecule has 1 atom stereocenters. The molecule has 1 aromatic carbocycles. The van der Waals surface area contributed by atoms with E-state index in [9.17, 15) is 4.79 Å². The Morgan fingerprint density at radius 2 is 1.96 bits per heavy atom. The van der Waals surface area contributed by atoms with Crippen LogP contribution in [-0.2, 0) is 0 Å². The van der Waals surface area contributed by atoms with Crippen LogP contribution in [0.15, 0.2) is 22.6 Å². The second kappa shape index (κ2) is 6.00. The first-order valence-electron chi connectivity index (χ1n) is 8.80. The third kappa shape index (κ3) is 2.60. The molecule has 3 heterocycles. The number of nitrogens with zero attached hydrogens (tertiary/aromatic N) is 4. The van der Waals surface area contributed by atoms with E-state index in [2.05, 4.69) is 16.8 Å². The van der Waals surface area contributed by atoms with Gasteiger partial charge in [0.1, 0.15) is 5.52 Å². The molecule has 2 aliphatic heterocycles. The molecule has 0 bridgehead atoms. The van der Waals surface area contributed by atoms with Gasteiger partial charge in [0, 0.05) is 38.8 Å². The van der Waals surface area contributed by atoms with Gasteiger partial charge in [-0.3, -0.25) is 0 Å². The molecule has 0 saturated carbocycles. The van der Waals surface area contributed by atoms with Gasteiger partial charge in [-0.1, -0.05) is 12.1 Å². The lowest BCUT2D eigenvalue weighted by molar-refractivity contribution is 0.152. The highest BCUT2D eigenvalue weighted by Gasteiger charge is 2.32. The zero-order valence-corrected chi connectivity index (χ0v) is 14.4. The molecule has 24 heavy (non-hydrogen) atoms. The molecular formula is C18H24N4O2. The van der Waals surface area contributed by atoms with Gasteiger partial charge in [0.15, 0.2) is 5.58 Å². The number of para-hydroxylation sites is 1. The highest BCUT2D eigenvalue weighted by atomic mass is 16.4. The highest BCUT2D eigenvalue weighted by molar-refractivity contribution is 5.78. The number of urea groups is 1. The summed E-state index contributed by atoms with van der Waals surface area (Å²) in [4.78, 5) is 23.4. The summed E-state index contributed by atoms with van der Waals surface area (Å²) in [6.07, 6.45) is 2.26. The summed E-state index contributed by atoms with van der Waals surface area (Å²) >= 11 is 0. The van der Waals surface area contributed by atoms with Gasteiger partial charge in [-0.25, -0.2) is 4.79 Å². The van der Waals surface area contributed by atoms with Crippen molar-refractivity contribution in [2.75, 3.05) is 37.6 Å². The Morgan fingerprint density at radius 3 is 2.67 bits per heavy atom. The van der Waals surface area contributed by atoms with Crippen LogP contribution in [0.3, 0.4) is 0 Å². The third-order valence-electron chi connectivity index (χ3n) is 5.13. The number of hydrogen-bond donors (Lipinski definition) is 0. The zero-order chi connectivity index (χ0) is 16.7. The largest absolute Gasteiger partial charge is 0.423 e. The minimum atomic E-state index is 0.187. The quantitative estimate of drug-likeness (QED) is 0.808. The number of aromatic nitrogens is 1. The Hall–Kier alpha value is -2.24. The Labute approximate surface area is 142 Å². The van der Waals surface area contributed by atoms with E-state index >= 15 is 0 Å². The Bertz CT molecular complexity index is 751. The van der Waals surface area contributed by atoms with Crippen molar-refractivity contribution in [1.82, 2.24) is 14.8 Å². The minimum Gasteiger partial charge on any atom is -0.423 e. The normalized spacial score (nSPS) is 21.8. The lowest BCUT2D eigenvalue weighted by atomic mass is 10.2. The van der Waals surface area contributed by atoms with Gasteiger partial charge in [-0.2, -0.15) is 4.98 Å². The van der Waals surface area contributed by atoms with Gasteiger partial charge in [0.25, 0.3) is 6.01 Å². The van der Waals surface area contributed by atoms with E-state index in [0.717, 1.165) is 55.7 Å². The van der Waals surface area contributed by atoms with Gasteiger partial charge in [-0.05, 0) is 38.3 Å². The van der Waals surface area contributed by atoms with Crippen molar-refractivity contribution in [2.24, 2.45) is 0 Å². The summed E-state index contributed by atoms with van der Waals surface area (Å²) in [6, 6.07) is 7.04. The van der Waals surface area contributed by atoms with Crippen LogP contribution in [-0.4, -0.2) is 59.6 Å². The lowest BCUT2D eigenvalue weighted by Crippen LogP contribution is -2.56. The molecular weight excluding hydrogens is 304 g/mol. The van der Waals surface area contributed by atoms with Crippen LogP contribution in [0.4, 0.5) is 10.8 Å². The van der Waals surface area contributed by atoms with Crippen LogP contribution in [0.25, 0.3) is 11.1 Å². The van der Waals surface area contributed by atoms with Gasteiger partial charge in [-0.15, -0.1) is 0 Å². The molecule has 2 fully saturated rings. The van der Waals surface area contributed by atoms with E-state index in [1.165, 1.54) is 0 Å². The number of carbonyl (C=O) groups is 1. The van der Waals surface area contributed by atoms with Crippen molar-refractivity contribution >= 4 is 23.1 Å². The number of hydrogen-bond acceptors (Lipinski definition) is 4. The third-order valence-corrected chi connectivity index (χ3v) is 5.13. The van der Waals surface area contributed by atoms with Crippen molar-refractivity contribution in [2.45, 2.75) is 32.7 Å². The van der Waals surface area contributed by atoms with Gasteiger partial charge in [0.2, 0.25) is 0 Å². The second-order valence-electron chi connectivity index (χ2n) is 6.88. The van der Waals surface area contributed by atoms with Crippen LogP contribution < -0.4 is 4.90 Å². The summed E-state index contributed by atoms with van der Waals surface area (Å²) in [5.74, 6) is 0. The maximum atomic E-state index is 12.6. The first-order valence-corrected chi connectivity index (χ1v) is 8.80. The van der Waals surface area contributed by atoms with E-state index in [-0.39, 0.29) is 12.1 Å². The number of fused-ring (bicyclic) bond motifs is 1. The van der Waals surface area contributed by atoms with Crippen LogP contribution in [0.5, 0.6) is 0 Å². The Morgan fingerprint density at radius 1 is 1.17 bits per heavy atom. The molecule has 0 spiro atoms.